The van der Waals surface area contributed by atoms with Gasteiger partial charge >= 0.3 is 5.97 Å². The summed E-state index contributed by atoms with van der Waals surface area (Å²) in [5.41, 5.74) is 0. The predicted octanol–water partition coefficient (Wildman–Crippen LogP) is 0.554. The summed E-state index contributed by atoms with van der Waals surface area (Å²) in [4.78, 5) is 25.1. The number of fused-ring (bicyclic) bond motifs is 2. The highest BCUT2D eigenvalue weighted by Gasteiger charge is 2.51. The fourth-order valence-corrected chi connectivity index (χ4v) is 3.44. The Morgan fingerprint density at radius 2 is 1.94 bits per heavy atom. The molecule has 0 heterocycles. The first kappa shape index (κ1) is 13.3. The molecule has 1 amide bonds. The number of carbonyl (C=O) groups is 2. The lowest BCUT2D eigenvalue weighted by Crippen LogP contribution is -2.47. The van der Waals surface area contributed by atoms with Gasteiger partial charge < -0.3 is 15.3 Å². The average Bonchev–Trinajstić information content (AvgIpc) is 2.86. The monoisotopic (exact) mass is 254 g/mol. The summed E-state index contributed by atoms with van der Waals surface area (Å²) >= 11 is 0. The molecule has 2 saturated carbocycles. The summed E-state index contributed by atoms with van der Waals surface area (Å²) in [6.07, 6.45) is 3.47. The maximum Gasteiger partial charge on any atom is 0.308 e. The number of hydrogen-bond acceptors (Lipinski definition) is 3. The van der Waals surface area contributed by atoms with Crippen LogP contribution in [-0.2, 0) is 9.59 Å². The molecule has 2 rings (SSSR count). The Kier molecular flexibility index (Phi) is 3.90. The van der Waals surface area contributed by atoms with Gasteiger partial charge in [-0.1, -0.05) is 0 Å². The first-order valence-corrected chi connectivity index (χ1v) is 6.66. The molecule has 5 nitrogen and oxygen atoms in total. The fraction of sp³-hybridized carbons (Fsp3) is 0.846. The normalized spacial score (nSPS) is 33.9. The van der Waals surface area contributed by atoms with Crippen LogP contribution in [0.15, 0.2) is 0 Å². The van der Waals surface area contributed by atoms with Crippen LogP contribution < -0.4 is 5.32 Å². The molecule has 0 aromatic carbocycles. The number of nitrogens with one attached hydrogen (secondary N) is 1. The zero-order valence-corrected chi connectivity index (χ0v) is 11.1. The maximum absolute atomic E-state index is 11.8. The second-order valence-corrected chi connectivity index (χ2v) is 5.84. The van der Waals surface area contributed by atoms with E-state index in [1.165, 1.54) is 0 Å². The summed E-state index contributed by atoms with van der Waals surface area (Å²) in [7, 11) is 3.84. The third-order valence-corrected chi connectivity index (χ3v) is 4.32. The van der Waals surface area contributed by atoms with Crippen molar-refractivity contribution in [3.8, 4) is 0 Å². The summed E-state index contributed by atoms with van der Waals surface area (Å²) < 4.78 is 0. The molecule has 0 saturated heterocycles. The van der Waals surface area contributed by atoms with Crippen LogP contribution in [-0.4, -0.2) is 48.6 Å². The van der Waals surface area contributed by atoms with E-state index in [1.54, 1.807) is 0 Å². The third-order valence-electron chi connectivity index (χ3n) is 4.32. The number of carbonyl (C=O) groups excluding carboxylic acids is 1. The topological polar surface area (TPSA) is 69.6 Å². The van der Waals surface area contributed by atoms with Crippen molar-refractivity contribution in [2.75, 3.05) is 20.6 Å². The minimum atomic E-state index is -0.750. The number of amides is 1. The van der Waals surface area contributed by atoms with Gasteiger partial charge in [0.1, 0.15) is 0 Å². The minimum Gasteiger partial charge on any atom is -0.481 e. The third kappa shape index (κ3) is 2.66. The van der Waals surface area contributed by atoms with E-state index < -0.39 is 5.97 Å². The van der Waals surface area contributed by atoms with Crippen LogP contribution in [0.2, 0.25) is 0 Å². The van der Waals surface area contributed by atoms with E-state index in [1.807, 2.05) is 19.0 Å². The van der Waals surface area contributed by atoms with Gasteiger partial charge in [0, 0.05) is 19.0 Å². The molecule has 2 N–H and O–H groups in total. The maximum atomic E-state index is 11.8. The van der Waals surface area contributed by atoms with Crippen molar-refractivity contribution in [3.63, 3.8) is 0 Å². The predicted molar refractivity (Wildman–Crippen MR) is 67.1 cm³/mol. The Morgan fingerprint density at radius 3 is 2.56 bits per heavy atom. The van der Waals surface area contributed by atoms with Crippen LogP contribution in [0.5, 0.6) is 0 Å². The van der Waals surface area contributed by atoms with Gasteiger partial charge in [0.05, 0.1) is 5.92 Å². The lowest BCUT2D eigenvalue weighted by Gasteiger charge is -2.29. The van der Waals surface area contributed by atoms with E-state index in [0.29, 0.717) is 18.9 Å². The number of hydrogen-bond donors (Lipinski definition) is 2. The number of nitrogens with zero attached hydrogens (tertiary/aromatic N) is 1. The van der Waals surface area contributed by atoms with Crippen molar-refractivity contribution in [3.05, 3.63) is 0 Å². The van der Waals surface area contributed by atoms with Crippen LogP contribution in [0.4, 0.5) is 0 Å². The van der Waals surface area contributed by atoms with Gasteiger partial charge in [0.25, 0.3) is 0 Å². The summed E-state index contributed by atoms with van der Waals surface area (Å²) in [6.45, 7) is 0.699. The molecular weight excluding hydrogens is 232 g/mol. The van der Waals surface area contributed by atoms with Gasteiger partial charge in [0.15, 0.2) is 0 Å². The molecule has 0 aromatic rings. The molecule has 0 spiro atoms. The van der Waals surface area contributed by atoms with Crippen molar-refractivity contribution in [2.24, 2.45) is 17.8 Å². The van der Waals surface area contributed by atoms with Crippen molar-refractivity contribution in [1.82, 2.24) is 10.2 Å². The first-order chi connectivity index (χ1) is 8.49. The molecule has 4 unspecified atom stereocenters. The average molecular weight is 254 g/mol. The molecule has 102 valence electrons. The number of carboxylic acids is 1. The molecule has 2 aliphatic carbocycles. The van der Waals surface area contributed by atoms with E-state index in [0.717, 1.165) is 19.3 Å². The molecule has 5 heteroatoms. The Labute approximate surface area is 108 Å². The van der Waals surface area contributed by atoms with Crippen LogP contribution >= 0.6 is 0 Å². The molecule has 0 radical (unpaired) electrons. The van der Waals surface area contributed by atoms with E-state index in [2.05, 4.69) is 5.32 Å². The molecule has 2 fully saturated rings. The zero-order valence-electron chi connectivity index (χ0n) is 11.1. The second-order valence-electron chi connectivity index (χ2n) is 5.84. The molecule has 0 aromatic heterocycles. The first-order valence-electron chi connectivity index (χ1n) is 6.66. The van der Waals surface area contributed by atoms with Gasteiger partial charge in [-0.3, -0.25) is 9.59 Å². The Hall–Kier alpha value is -1.10. The molecule has 4 atom stereocenters. The van der Waals surface area contributed by atoms with E-state index in [4.69, 9.17) is 0 Å². The van der Waals surface area contributed by atoms with Crippen LogP contribution in [0.25, 0.3) is 0 Å². The molecule has 2 bridgehead atoms. The number of aliphatic carboxylic acids is 1. The standard InChI is InChI=1S/C13H22N2O3/c1-15(2)6-5-10(16)14-12-9-4-3-8(7-9)11(12)13(17)18/h8-9,11-12H,3-7H2,1-2H3,(H,14,16)(H,17,18). The zero-order chi connectivity index (χ0) is 13.3. The molecule has 18 heavy (non-hydrogen) atoms. The van der Waals surface area contributed by atoms with Crippen LogP contribution in [0.1, 0.15) is 25.7 Å². The Balaban J connectivity index is 1.91. The van der Waals surface area contributed by atoms with E-state index >= 15 is 0 Å². The highest BCUT2D eigenvalue weighted by atomic mass is 16.4. The van der Waals surface area contributed by atoms with Crippen molar-refractivity contribution in [1.29, 1.82) is 0 Å². The number of carboxylic acid groups (broad SMARTS) is 1. The quantitative estimate of drug-likeness (QED) is 0.752. The Morgan fingerprint density at radius 1 is 1.28 bits per heavy atom. The van der Waals surface area contributed by atoms with Gasteiger partial charge in [-0.25, -0.2) is 0 Å². The minimum absolute atomic E-state index is 0.0208. The summed E-state index contributed by atoms with van der Waals surface area (Å²) in [6, 6.07) is -0.143. The van der Waals surface area contributed by atoms with Crippen molar-refractivity contribution < 1.29 is 14.7 Å². The van der Waals surface area contributed by atoms with Gasteiger partial charge in [-0.15, -0.1) is 0 Å². The highest BCUT2D eigenvalue weighted by molar-refractivity contribution is 5.79. The summed E-state index contributed by atoms with van der Waals surface area (Å²) in [5, 5.41) is 12.2. The van der Waals surface area contributed by atoms with Gasteiger partial charge in [-0.05, 0) is 45.2 Å². The lowest BCUT2D eigenvalue weighted by molar-refractivity contribution is -0.144. The molecule has 0 aliphatic heterocycles. The largest absolute Gasteiger partial charge is 0.481 e. The van der Waals surface area contributed by atoms with Crippen molar-refractivity contribution >= 4 is 11.9 Å². The Bertz CT molecular complexity index is 343. The molecule has 2 aliphatic rings. The van der Waals surface area contributed by atoms with Crippen molar-refractivity contribution in [2.45, 2.75) is 31.7 Å². The van der Waals surface area contributed by atoms with E-state index in [9.17, 15) is 14.7 Å². The SMILES string of the molecule is CN(C)CCC(=O)NC1C2CCC(C2)C1C(=O)O. The second kappa shape index (κ2) is 5.26. The fourth-order valence-electron chi connectivity index (χ4n) is 3.44. The number of rotatable bonds is 5. The van der Waals surface area contributed by atoms with Gasteiger partial charge in [-0.2, -0.15) is 0 Å². The highest BCUT2D eigenvalue weighted by Crippen LogP contribution is 2.48. The van der Waals surface area contributed by atoms with Crippen LogP contribution in [0.3, 0.4) is 0 Å². The molecular formula is C13H22N2O3. The van der Waals surface area contributed by atoms with E-state index in [-0.39, 0.29) is 23.8 Å². The smallest absolute Gasteiger partial charge is 0.308 e. The van der Waals surface area contributed by atoms with Gasteiger partial charge in [0.2, 0.25) is 5.91 Å². The van der Waals surface area contributed by atoms with Crippen LogP contribution in [0, 0.1) is 17.8 Å². The summed E-state index contributed by atoms with van der Waals surface area (Å²) in [5.74, 6) is -0.495. The lowest BCUT2D eigenvalue weighted by atomic mass is 9.84.